The quantitative estimate of drug-likeness (QED) is 0.712. The van der Waals surface area contributed by atoms with Crippen LogP contribution in [0.25, 0.3) is 0 Å². The standard InChI is InChI=1S/C14H25NO4/c1-2-19-14(18)9-8-13(17)15(10-11-16)12-6-4-3-5-7-12/h12,16H,2-11H2,1H3. The molecule has 1 fully saturated rings. The van der Waals surface area contributed by atoms with E-state index >= 15 is 0 Å². The fourth-order valence-electron chi connectivity index (χ4n) is 2.60. The Labute approximate surface area is 114 Å². The SMILES string of the molecule is CCOC(=O)CCC(=O)N(CCO)C1CCCCC1. The number of aliphatic hydroxyl groups is 1. The Morgan fingerprint density at radius 2 is 1.89 bits per heavy atom. The van der Waals surface area contributed by atoms with E-state index in [9.17, 15) is 9.59 Å². The second-order valence-corrected chi connectivity index (χ2v) is 4.91. The third-order valence-electron chi connectivity index (χ3n) is 3.53. The second-order valence-electron chi connectivity index (χ2n) is 4.91. The van der Waals surface area contributed by atoms with Crippen molar-refractivity contribution < 1.29 is 19.4 Å². The van der Waals surface area contributed by atoms with Gasteiger partial charge < -0.3 is 14.7 Å². The summed E-state index contributed by atoms with van der Waals surface area (Å²) in [6.45, 7) is 2.43. The molecule has 5 heteroatoms. The molecule has 0 aromatic rings. The molecule has 0 radical (unpaired) electrons. The maximum absolute atomic E-state index is 12.1. The summed E-state index contributed by atoms with van der Waals surface area (Å²) >= 11 is 0. The minimum Gasteiger partial charge on any atom is -0.466 e. The van der Waals surface area contributed by atoms with E-state index in [4.69, 9.17) is 9.84 Å². The molecule has 110 valence electrons. The van der Waals surface area contributed by atoms with Gasteiger partial charge in [0.15, 0.2) is 0 Å². The van der Waals surface area contributed by atoms with Crippen LogP contribution in [0, 0.1) is 0 Å². The van der Waals surface area contributed by atoms with Gasteiger partial charge in [-0.25, -0.2) is 0 Å². The number of esters is 1. The van der Waals surface area contributed by atoms with E-state index in [1.807, 2.05) is 0 Å². The van der Waals surface area contributed by atoms with Gasteiger partial charge in [-0.15, -0.1) is 0 Å². The van der Waals surface area contributed by atoms with Crippen LogP contribution in [0.5, 0.6) is 0 Å². The van der Waals surface area contributed by atoms with Crippen LogP contribution in [0.2, 0.25) is 0 Å². The minimum atomic E-state index is -0.330. The molecule has 1 saturated carbocycles. The van der Waals surface area contributed by atoms with Gasteiger partial charge >= 0.3 is 5.97 Å². The molecular formula is C14H25NO4. The molecule has 1 rings (SSSR count). The van der Waals surface area contributed by atoms with Crippen LogP contribution in [0.3, 0.4) is 0 Å². The topological polar surface area (TPSA) is 66.8 Å². The Kier molecular flexibility index (Phi) is 7.48. The molecule has 5 nitrogen and oxygen atoms in total. The van der Waals surface area contributed by atoms with Gasteiger partial charge in [0.2, 0.25) is 5.91 Å². The summed E-state index contributed by atoms with van der Waals surface area (Å²) in [5, 5.41) is 9.09. The highest BCUT2D eigenvalue weighted by molar-refractivity contribution is 5.81. The lowest BCUT2D eigenvalue weighted by Crippen LogP contribution is -2.43. The molecule has 1 aliphatic carbocycles. The van der Waals surface area contributed by atoms with Gasteiger partial charge in [0.05, 0.1) is 19.6 Å². The highest BCUT2D eigenvalue weighted by Crippen LogP contribution is 2.23. The molecule has 0 bridgehead atoms. The van der Waals surface area contributed by atoms with Gasteiger partial charge in [-0.3, -0.25) is 9.59 Å². The molecule has 0 unspecified atom stereocenters. The molecular weight excluding hydrogens is 246 g/mol. The number of nitrogens with zero attached hydrogens (tertiary/aromatic N) is 1. The Morgan fingerprint density at radius 3 is 2.47 bits per heavy atom. The van der Waals surface area contributed by atoms with Crippen molar-refractivity contribution in [2.45, 2.75) is 57.9 Å². The van der Waals surface area contributed by atoms with E-state index in [2.05, 4.69) is 0 Å². The number of rotatable bonds is 7. The summed E-state index contributed by atoms with van der Waals surface area (Å²) in [5.41, 5.74) is 0. The summed E-state index contributed by atoms with van der Waals surface area (Å²) in [7, 11) is 0. The van der Waals surface area contributed by atoms with Crippen molar-refractivity contribution in [2.75, 3.05) is 19.8 Å². The van der Waals surface area contributed by atoms with E-state index in [1.165, 1.54) is 6.42 Å². The normalized spacial score (nSPS) is 16.1. The van der Waals surface area contributed by atoms with Gasteiger partial charge in [0, 0.05) is 19.0 Å². The first kappa shape index (κ1) is 16.0. The van der Waals surface area contributed by atoms with Crippen LogP contribution >= 0.6 is 0 Å². The van der Waals surface area contributed by atoms with Gasteiger partial charge in [-0.2, -0.15) is 0 Å². The summed E-state index contributed by atoms with van der Waals surface area (Å²) in [6.07, 6.45) is 5.81. The Bertz CT molecular complexity index is 287. The molecule has 0 spiro atoms. The minimum absolute atomic E-state index is 0.0261. The molecule has 1 aliphatic rings. The van der Waals surface area contributed by atoms with Crippen molar-refractivity contribution >= 4 is 11.9 Å². The first-order valence-corrected chi connectivity index (χ1v) is 7.25. The van der Waals surface area contributed by atoms with E-state index in [-0.39, 0.29) is 37.4 Å². The van der Waals surface area contributed by atoms with Crippen LogP contribution < -0.4 is 0 Å². The number of carbonyl (C=O) groups excluding carboxylic acids is 2. The fourth-order valence-corrected chi connectivity index (χ4v) is 2.60. The number of ether oxygens (including phenoxy) is 1. The van der Waals surface area contributed by atoms with Crippen molar-refractivity contribution in [3.05, 3.63) is 0 Å². The molecule has 0 heterocycles. The van der Waals surface area contributed by atoms with E-state index in [1.54, 1.807) is 11.8 Å². The lowest BCUT2D eigenvalue weighted by atomic mass is 9.94. The molecule has 0 aromatic heterocycles. The molecule has 1 N–H and O–H groups in total. The smallest absolute Gasteiger partial charge is 0.306 e. The molecule has 0 aliphatic heterocycles. The van der Waals surface area contributed by atoms with Crippen LogP contribution in [0.15, 0.2) is 0 Å². The maximum atomic E-state index is 12.1. The second kappa shape index (κ2) is 8.91. The number of hydrogen-bond donors (Lipinski definition) is 1. The maximum Gasteiger partial charge on any atom is 0.306 e. The third kappa shape index (κ3) is 5.59. The lowest BCUT2D eigenvalue weighted by Gasteiger charge is -2.34. The third-order valence-corrected chi connectivity index (χ3v) is 3.53. The summed E-state index contributed by atoms with van der Waals surface area (Å²) in [6, 6.07) is 0.232. The van der Waals surface area contributed by atoms with Crippen molar-refractivity contribution in [3.8, 4) is 0 Å². The molecule has 19 heavy (non-hydrogen) atoms. The van der Waals surface area contributed by atoms with E-state index in [0.29, 0.717) is 13.2 Å². The zero-order valence-electron chi connectivity index (χ0n) is 11.8. The zero-order valence-corrected chi connectivity index (χ0v) is 11.8. The predicted octanol–water partition coefficient (Wildman–Crippen LogP) is 1.48. The summed E-state index contributed by atoms with van der Waals surface area (Å²) < 4.78 is 4.82. The molecule has 1 amide bonds. The first-order valence-electron chi connectivity index (χ1n) is 7.25. The van der Waals surface area contributed by atoms with Gasteiger partial charge in [0.25, 0.3) is 0 Å². The zero-order chi connectivity index (χ0) is 14.1. The molecule has 0 saturated heterocycles. The molecule has 0 aromatic carbocycles. The monoisotopic (exact) mass is 271 g/mol. The van der Waals surface area contributed by atoms with E-state index < -0.39 is 0 Å². The van der Waals surface area contributed by atoms with Crippen LogP contribution in [-0.2, 0) is 14.3 Å². The number of aliphatic hydroxyl groups excluding tert-OH is 1. The Morgan fingerprint density at radius 1 is 1.21 bits per heavy atom. The number of amides is 1. The van der Waals surface area contributed by atoms with Gasteiger partial charge in [-0.05, 0) is 19.8 Å². The van der Waals surface area contributed by atoms with Crippen molar-refractivity contribution in [1.29, 1.82) is 0 Å². The number of hydrogen-bond acceptors (Lipinski definition) is 4. The summed E-state index contributed by atoms with van der Waals surface area (Å²) in [5.74, 6) is -0.377. The van der Waals surface area contributed by atoms with Crippen LogP contribution in [0.1, 0.15) is 51.9 Å². The van der Waals surface area contributed by atoms with Crippen molar-refractivity contribution in [2.24, 2.45) is 0 Å². The van der Waals surface area contributed by atoms with Crippen molar-refractivity contribution in [1.82, 2.24) is 4.90 Å². The van der Waals surface area contributed by atoms with Gasteiger partial charge in [0.1, 0.15) is 0 Å². The van der Waals surface area contributed by atoms with Crippen LogP contribution in [-0.4, -0.2) is 47.7 Å². The Hall–Kier alpha value is -1.10. The average Bonchev–Trinajstić information content (AvgIpc) is 2.43. The predicted molar refractivity (Wildman–Crippen MR) is 71.5 cm³/mol. The lowest BCUT2D eigenvalue weighted by molar-refractivity contribution is -0.146. The van der Waals surface area contributed by atoms with E-state index in [0.717, 1.165) is 25.7 Å². The van der Waals surface area contributed by atoms with Crippen LogP contribution in [0.4, 0.5) is 0 Å². The fraction of sp³-hybridized carbons (Fsp3) is 0.857. The first-order chi connectivity index (χ1) is 9.19. The highest BCUT2D eigenvalue weighted by atomic mass is 16.5. The number of carbonyl (C=O) groups is 2. The average molecular weight is 271 g/mol. The highest BCUT2D eigenvalue weighted by Gasteiger charge is 2.25. The Balaban J connectivity index is 2.45. The van der Waals surface area contributed by atoms with Gasteiger partial charge in [-0.1, -0.05) is 19.3 Å². The molecule has 0 atom stereocenters. The van der Waals surface area contributed by atoms with Crippen molar-refractivity contribution in [3.63, 3.8) is 0 Å². The largest absolute Gasteiger partial charge is 0.466 e. The summed E-state index contributed by atoms with van der Waals surface area (Å²) in [4.78, 5) is 25.2.